The number of hydrazone groups is 1. The number of carboxylic acid groups (broad SMARTS) is 1. The fraction of sp³-hybridized carbons (Fsp3) is 0.211. The number of carbonyl (C=O) groups excluding carboxylic acids is 1. The highest BCUT2D eigenvalue weighted by Crippen LogP contribution is 2.14. The Bertz CT molecular complexity index is 817. The van der Waals surface area contributed by atoms with Crippen LogP contribution in [0.4, 0.5) is 0 Å². The van der Waals surface area contributed by atoms with Gasteiger partial charge >= 0.3 is 5.97 Å². The minimum absolute atomic E-state index is 0.151. The Hall–Kier alpha value is -3.35. The zero-order chi connectivity index (χ0) is 18.9. The van der Waals surface area contributed by atoms with E-state index in [4.69, 9.17) is 14.6 Å². The highest BCUT2D eigenvalue weighted by atomic mass is 16.5. The van der Waals surface area contributed by atoms with Gasteiger partial charge in [0.2, 0.25) is 0 Å². The predicted octanol–water partition coefficient (Wildman–Crippen LogP) is 2.38. The first-order chi connectivity index (χ1) is 12.4. The van der Waals surface area contributed by atoms with Crippen LogP contribution in [0, 0.1) is 6.92 Å². The monoisotopic (exact) mass is 356 g/mol. The molecule has 1 amide bonds. The van der Waals surface area contributed by atoms with Crippen molar-refractivity contribution in [3.05, 3.63) is 59.7 Å². The lowest BCUT2D eigenvalue weighted by Gasteiger charge is -2.07. The Labute approximate surface area is 151 Å². The summed E-state index contributed by atoms with van der Waals surface area (Å²) in [4.78, 5) is 22.4. The second-order valence-electron chi connectivity index (χ2n) is 5.55. The standard InChI is InChI=1S/C19H20N2O5/c1-13-5-3-7-16(9-13)25-11-18(22)21-20-14(2)15-6-4-8-17(10-15)26-12-19(23)24/h3-10H,11-12H2,1-2H3,(H,21,22)(H,23,24)/b20-14-. The first-order valence-electron chi connectivity index (χ1n) is 7.91. The number of ether oxygens (including phenoxy) is 2. The van der Waals surface area contributed by atoms with Gasteiger partial charge in [-0.2, -0.15) is 5.10 Å². The number of carboxylic acids is 1. The maximum Gasteiger partial charge on any atom is 0.341 e. The number of nitrogens with zero attached hydrogens (tertiary/aromatic N) is 1. The number of nitrogens with one attached hydrogen (secondary N) is 1. The van der Waals surface area contributed by atoms with Crippen molar-refractivity contribution in [1.82, 2.24) is 5.43 Å². The molecule has 0 aromatic heterocycles. The highest BCUT2D eigenvalue weighted by Gasteiger charge is 2.05. The molecule has 0 aliphatic rings. The van der Waals surface area contributed by atoms with Gasteiger partial charge in [-0.05, 0) is 43.7 Å². The summed E-state index contributed by atoms with van der Waals surface area (Å²) in [7, 11) is 0. The van der Waals surface area contributed by atoms with Crippen LogP contribution in [-0.4, -0.2) is 35.9 Å². The van der Waals surface area contributed by atoms with E-state index in [0.29, 0.717) is 22.8 Å². The lowest BCUT2D eigenvalue weighted by Crippen LogP contribution is -2.25. The van der Waals surface area contributed by atoms with Crippen LogP contribution < -0.4 is 14.9 Å². The number of benzene rings is 2. The zero-order valence-corrected chi connectivity index (χ0v) is 14.6. The molecule has 0 spiro atoms. The lowest BCUT2D eigenvalue weighted by atomic mass is 10.1. The molecule has 0 fully saturated rings. The van der Waals surface area contributed by atoms with Crippen LogP contribution in [0.15, 0.2) is 53.6 Å². The SMILES string of the molecule is C/C(=N/NC(=O)COc1cccc(C)c1)c1cccc(OCC(=O)O)c1. The molecular weight excluding hydrogens is 336 g/mol. The van der Waals surface area contributed by atoms with E-state index in [0.717, 1.165) is 5.56 Å². The van der Waals surface area contributed by atoms with Crippen molar-refractivity contribution in [2.24, 2.45) is 5.10 Å². The summed E-state index contributed by atoms with van der Waals surface area (Å²) < 4.78 is 10.5. The number of hydrogen-bond acceptors (Lipinski definition) is 5. The van der Waals surface area contributed by atoms with Gasteiger partial charge in [0.15, 0.2) is 13.2 Å². The van der Waals surface area contributed by atoms with E-state index >= 15 is 0 Å². The molecule has 0 radical (unpaired) electrons. The van der Waals surface area contributed by atoms with Gasteiger partial charge < -0.3 is 14.6 Å². The Kier molecular flexibility index (Phi) is 6.73. The van der Waals surface area contributed by atoms with Gasteiger partial charge in [0.1, 0.15) is 11.5 Å². The summed E-state index contributed by atoms with van der Waals surface area (Å²) in [5.74, 6) is -0.413. The average Bonchev–Trinajstić information content (AvgIpc) is 2.63. The first-order valence-corrected chi connectivity index (χ1v) is 7.91. The van der Waals surface area contributed by atoms with Gasteiger partial charge in [-0.1, -0.05) is 24.3 Å². The van der Waals surface area contributed by atoms with Crippen LogP contribution in [0.2, 0.25) is 0 Å². The quantitative estimate of drug-likeness (QED) is 0.559. The molecule has 0 saturated carbocycles. The smallest absolute Gasteiger partial charge is 0.341 e. The molecule has 0 bridgehead atoms. The molecule has 2 aromatic rings. The van der Waals surface area contributed by atoms with E-state index in [9.17, 15) is 9.59 Å². The van der Waals surface area contributed by atoms with E-state index < -0.39 is 12.6 Å². The van der Waals surface area contributed by atoms with Gasteiger partial charge in [0.25, 0.3) is 5.91 Å². The molecule has 7 nitrogen and oxygen atoms in total. The third-order valence-corrected chi connectivity index (χ3v) is 3.32. The molecule has 26 heavy (non-hydrogen) atoms. The van der Waals surface area contributed by atoms with E-state index in [1.54, 1.807) is 37.3 Å². The van der Waals surface area contributed by atoms with Crippen molar-refractivity contribution in [1.29, 1.82) is 0 Å². The van der Waals surface area contributed by atoms with Crippen LogP contribution in [0.25, 0.3) is 0 Å². The van der Waals surface area contributed by atoms with E-state index in [-0.39, 0.29) is 12.5 Å². The summed E-state index contributed by atoms with van der Waals surface area (Å²) in [6.07, 6.45) is 0. The van der Waals surface area contributed by atoms with Crippen LogP contribution >= 0.6 is 0 Å². The maximum absolute atomic E-state index is 11.8. The van der Waals surface area contributed by atoms with E-state index in [1.165, 1.54) is 0 Å². The van der Waals surface area contributed by atoms with Crippen LogP contribution in [0.5, 0.6) is 11.5 Å². The number of amides is 1. The third kappa shape index (κ3) is 6.27. The largest absolute Gasteiger partial charge is 0.484 e. The van der Waals surface area contributed by atoms with Crippen LogP contribution in [-0.2, 0) is 9.59 Å². The minimum Gasteiger partial charge on any atom is -0.484 e. The van der Waals surface area contributed by atoms with E-state index in [2.05, 4.69) is 10.5 Å². The summed E-state index contributed by atoms with van der Waals surface area (Å²) in [6.45, 7) is 3.08. The normalized spacial score (nSPS) is 10.9. The lowest BCUT2D eigenvalue weighted by molar-refractivity contribution is -0.139. The second kappa shape index (κ2) is 9.22. The molecular formula is C19H20N2O5. The zero-order valence-electron chi connectivity index (χ0n) is 14.6. The number of carbonyl (C=O) groups is 2. The minimum atomic E-state index is -1.05. The average molecular weight is 356 g/mol. The van der Waals surface area contributed by atoms with Crippen LogP contribution in [0.3, 0.4) is 0 Å². The molecule has 0 heterocycles. The predicted molar refractivity (Wildman–Crippen MR) is 96.6 cm³/mol. The third-order valence-electron chi connectivity index (χ3n) is 3.32. The van der Waals surface area contributed by atoms with Crippen molar-refractivity contribution in [2.45, 2.75) is 13.8 Å². The van der Waals surface area contributed by atoms with Gasteiger partial charge in [0.05, 0.1) is 5.71 Å². The molecule has 0 aliphatic carbocycles. The Morgan fingerprint density at radius 3 is 2.38 bits per heavy atom. The summed E-state index contributed by atoms with van der Waals surface area (Å²) in [5, 5.41) is 12.7. The van der Waals surface area contributed by atoms with Gasteiger partial charge in [0, 0.05) is 5.56 Å². The Morgan fingerprint density at radius 1 is 1.04 bits per heavy atom. The summed E-state index contributed by atoms with van der Waals surface area (Å²) in [6, 6.07) is 14.2. The van der Waals surface area contributed by atoms with Crippen LogP contribution in [0.1, 0.15) is 18.1 Å². The fourth-order valence-electron chi connectivity index (χ4n) is 2.05. The summed E-state index contributed by atoms with van der Waals surface area (Å²) >= 11 is 0. The number of hydrogen-bond donors (Lipinski definition) is 2. The van der Waals surface area contributed by atoms with Crippen molar-refractivity contribution in [2.75, 3.05) is 13.2 Å². The van der Waals surface area contributed by atoms with Gasteiger partial charge in [-0.3, -0.25) is 4.79 Å². The molecule has 0 aliphatic heterocycles. The molecule has 2 rings (SSSR count). The Balaban J connectivity index is 1.89. The highest BCUT2D eigenvalue weighted by molar-refractivity contribution is 5.99. The number of aryl methyl sites for hydroxylation is 1. The first kappa shape index (κ1) is 19.0. The molecule has 0 unspecified atom stereocenters. The topological polar surface area (TPSA) is 97.2 Å². The van der Waals surface area contributed by atoms with Gasteiger partial charge in [-0.15, -0.1) is 0 Å². The van der Waals surface area contributed by atoms with Crippen molar-refractivity contribution < 1.29 is 24.2 Å². The van der Waals surface area contributed by atoms with Crippen molar-refractivity contribution >= 4 is 17.6 Å². The molecule has 136 valence electrons. The molecule has 0 atom stereocenters. The molecule has 2 N–H and O–H groups in total. The Morgan fingerprint density at radius 2 is 1.69 bits per heavy atom. The molecule has 2 aromatic carbocycles. The molecule has 0 saturated heterocycles. The fourth-order valence-corrected chi connectivity index (χ4v) is 2.05. The van der Waals surface area contributed by atoms with Crippen molar-refractivity contribution in [3.63, 3.8) is 0 Å². The second-order valence-corrected chi connectivity index (χ2v) is 5.55. The van der Waals surface area contributed by atoms with E-state index in [1.807, 2.05) is 25.1 Å². The maximum atomic E-state index is 11.8. The van der Waals surface area contributed by atoms with Crippen molar-refractivity contribution in [3.8, 4) is 11.5 Å². The summed E-state index contributed by atoms with van der Waals surface area (Å²) in [5.41, 5.74) is 4.72. The number of aliphatic carboxylic acids is 1. The van der Waals surface area contributed by atoms with Gasteiger partial charge in [-0.25, -0.2) is 10.2 Å². The number of rotatable bonds is 8. The molecule has 7 heteroatoms.